The van der Waals surface area contributed by atoms with Crippen molar-refractivity contribution in [3.05, 3.63) is 34.2 Å². The smallest absolute Gasteiger partial charge is 0.335 e. The Kier molecular flexibility index (Phi) is 11.0. The molecule has 4 rings (SSSR count). The number of piperazine rings is 1. The zero-order valence-corrected chi connectivity index (χ0v) is 25.0. The molecule has 1 fully saturated rings. The standard InChI is InChI=1S/C22H30N6O4S.C4H6O6/c1-5-7-17-19-20(27(4)25-17)22(29)24-21(23-19)16-14-15(8-9-18(16)32-6-2)33(30,31)28-12-10-26(3)11-13-28;5-1(3(7)8)2(6)4(9)10/h8-9,14H,5-7,10-13H2,1-4H3,(H,23,24,29);1-2,5-6H,(H,7,8)(H,9,10). The van der Waals surface area contributed by atoms with Gasteiger partial charge >= 0.3 is 11.9 Å². The highest BCUT2D eigenvalue weighted by atomic mass is 32.2. The van der Waals surface area contributed by atoms with Crippen molar-refractivity contribution >= 4 is 33.0 Å². The van der Waals surface area contributed by atoms with E-state index in [1.165, 1.54) is 8.99 Å². The van der Waals surface area contributed by atoms with Crippen LogP contribution in [0, 0.1) is 0 Å². The molecule has 0 aliphatic carbocycles. The van der Waals surface area contributed by atoms with Crippen LogP contribution in [-0.2, 0) is 33.1 Å². The van der Waals surface area contributed by atoms with E-state index >= 15 is 0 Å². The first-order valence-electron chi connectivity index (χ1n) is 13.5. The molecular weight excluding hydrogens is 588 g/mol. The van der Waals surface area contributed by atoms with Gasteiger partial charge in [0.15, 0.2) is 17.7 Å². The molecule has 3 aromatic rings. The molecule has 0 amide bonds. The Morgan fingerprint density at radius 2 is 1.65 bits per heavy atom. The molecule has 1 saturated heterocycles. The van der Waals surface area contributed by atoms with E-state index in [9.17, 15) is 22.8 Å². The van der Waals surface area contributed by atoms with Gasteiger partial charge in [0, 0.05) is 33.2 Å². The average molecular weight is 625 g/mol. The molecule has 1 aromatic carbocycles. The maximum Gasteiger partial charge on any atom is 0.335 e. The van der Waals surface area contributed by atoms with Crippen molar-refractivity contribution in [3.63, 3.8) is 0 Å². The lowest BCUT2D eigenvalue weighted by atomic mass is 10.1. The lowest BCUT2D eigenvalue weighted by Crippen LogP contribution is -2.47. The zero-order valence-electron chi connectivity index (χ0n) is 24.2. The SMILES string of the molecule is CCCc1nn(C)c2c(=O)[nH]c(-c3cc(S(=O)(=O)N4CCN(C)CC4)ccc3OCC)nc12.O=C(O)C(O)C(O)C(=O)O. The highest BCUT2D eigenvalue weighted by Crippen LogP contribution is 2.32. The minimum atomic E-state index is -3.70. The summed E-state index contributed by atoms with van der Waals surface area (Å²) in [7, 11) is -0.00831. The number of carboxylic acids is 2. The Morgan fingerprint density at radius 3 is 2.19 bits per heavy atom. The summed E-state index contributed by atoms with van der Waals surface area (Å²) in [6.07, 6.45) is -2.99. The Morgan fingerprint density at radius 1 is 1.05 bits per heavy atom. The molecule has 2 atom stereocenters. The second-order valence-electron chi connectivity index (χ2n) is 9.80. The molecule has 1 aliphatic rings. The molecule has 1 aliphatic heterocycles. The van der Waals surface area contributed by atoms with E-state index in [-0.39, 0.29) is 16.3 Å². The molecule has 0 bridgehead atoms. The van der Waals surface area contributed by atoms with Crippen LogP contribution >= 0.6 is 0 Å². The zero-order chi connectivity index (χ0) is 32.1. The summed E-state index contributed by atoms with van der Waals surface area (Å²) < 4.78 is 35.4. The number of fused-ring (bicyclic) bond motifs is 1. The van der Waals surface area contributed by atoms with Crippen LogP contribution < -0.4 is 10.3 Å². The van der Waals surface area contributed by atoms with Crippen LogP contribution in [0.5, 0.6) is 5.75 Å². The molecule has 0 spiro atoms. The molecule has 43 heavy (non-hydrogen) atoms. The van der Waals surface area contributed by atoms with Crippen molar-refractivity contribution in [2.75, 3.05) is 39.8 Å². The molecule has 0 radical (unpaired) electrons. The van der Waals surface area contributed by atoms with E-state index in [0.29, 0.717) is 61.6 Å². The van der Waals surface area contributed by atoms with Crippen molar-refractivity contribution < 1.29 is 43.2 Å². The topological polar surface area (TPSA) is 228 Å². The lowest BCUT2D eigenvalue weighted by molar-refractivity contribution is -0.165. The predicted molar refractivity (Wildman–Crippen MR) is 153 cm³/mol. The summed E-state index contributed by atoms with van der Waals surface area (Å²) in [5.41, 5.74) is 1.75. The molecule has 3 heterocycles. The number of benzene rings is 1. The number of likely N-dealkylation sites (N-methyl/N-ethyl adjacent to an activating group) is 1. The van der Waals surface area contributed by atoms with E-state index < -0.39 is 34.2 Å². The predicted octanol–water partition coefficient (Wildman–Crippen LogP) is -0.512. The van der Waals surface area contributed by atoms with Crippen LogP contribution in [0.25, 0.3) is 22.4 Å². The third-order valence-electron chi connectivity index (χ3n) is 6.66. The lowest BCUT2D eigenvalue weighted by Gasteiger charge is -2.31. The van der Waals surface area contributed by atoms with Gasteiger partial charge in [0.25, 0.3) is 5.56 Å². The number of sulfonamides is 1. The van der Waals surface area contributed by atoms with Gasteiger partial charge in [0.1, 0.15) is 17.1 Å². The van der Waals surface area contributed by atoms with Gasteiger partial charge in [-0.1, -0.05) is 13.3 Å². The molecule has 236 valence electrons. The second kappa shape index (κ2) is 14.0. The number of aromatic amines is 1. The number of hydrogen-bond acceptors (Lipinski definition) is 11. The minimum Gasteiger partial charge on any atom is -0.493 e. The maximum absolute atomic E-state index is 13.3. The highest BCUT2D eigenvalue weighted by Gasteiger charge is 2.30. The summed E-state index contributed by atoms with van der Waals surface area (Å²) in [5.74, 6) is -2.82. The van der Waals surface area contributed by atoms with Gasteiger partial charge in [-0.3, -0.25) is 9.48 Å². The Bertz CT molecular complexity index is 1610. The molecule has 2 aromatic heterocycles. The number of carbonyl (C=O) groups is 2. The Labute approximate surface area is 247 Å². The Hall–Kier alpha value is -3.90. The molecule has 0 saturated carbocycles. The van der Waals surface area contributed by atoms with E-state index in [4.69, 9.17) is 30.1 Å². The number of carboxylic acid groups (broad SMARTS) is 2. The van der Waals surface area contributed by atoms with Gasteiger partial charge in [-0.15, -0.1) is 0 Å². The van der Waals surface area contributed by atoms with E-state index in [2.05, 4.69) is 15.0 Å². The van der Waals surface area contributed by atoms with Crippen LogP contribution in [0.2, 0.25) is 0 Å². The number of aliphatic hydroxyl groups excluding tert-OH is 2. The Balaban J connectivity index is 0.000000436. The number of hydrogen-bond donors (Lipinski definition) is 5. The van der Waals surface area contributed by atoms with Crippen LogP contribution in [0.15, 0.2) is 27.9 Å². The van der Waals surface area contributed by atoms with E-state index in [1.807, 2.05) is 20.9 Å². The van der Waals surface area contributed by atoms with Gasteiger partial charge in [0.2, 0.25) is 10.0 Å². The normalized spacial score (nSPS) is 15.9. The molecule has 16 nitrogen and oxygen atoms in total. The first kappa shape index (κ1) is 33.6. The monoisotopic (exact) mass is 624 g/mol. The van der Waals surface area contributed by atoms with Gasteiger partial charge in [-0.2, -0.15) is 9.40 Å². The summed E-state index contributed by atoms with van der Waals surface area (Å²) in [4.78, 5) is 42.2. The number of nitrogens with one attached hydrogen (secondary N) is 1. The van der Waals surface area contributed by atoms with Crippen molar-refractivity contribution in [3.8, 4) is 17.1 Å². The number of aromatic nitrogens is 4. The van der Waals surface area contributed by atoms with E-state index in [1.54, 1.807) is 25.2 Å². The van der Waals surface area contributed by atoms with Crippen molar-refractivity contribution in [2.24, 2.45) is 7.05 Å². The summed E-state index contributed by atoms with van der Waals surface area (Å²) >= 11 is 0. The van der Waals surface area contributed by atoms with Crippen molar-refractivity contribution in [2.45, 2.75) is 43.8 Å². The van der Waals surface area contributed by atoms with Gasteiger partial charge < -0.3 is 35.0 Å². The first-order valence-corrected chi connectivity index (χ1v) is 14.9. The fourth-order valence-corrected chi connectivity index (χ4v) is 5.81. The van der Waals surface area contributed by atoms with Crippen molar-refractivity contribution in [1.29, 1.82) is 0 Å². The third kappa shape index (κ3) is 7.55. The number of aliphatic carboxylic acids is 2. The molecular formula is C26H36N6O10S. The fourth-order valence-electron chi connectivity index (χ4n) is 4.36. The number of ether oxygens (including phenoxy) is 1. The summed E-state index contributed by atoms with van der Waals surface area (Å²) in [6.45, 7) is 6.48. The number of H-pyrrole nitrogens is 1. The fraction of sp³-hybridized carbons (Fsp3) is 0.500. The van der Waals surface area contributed by atoms with Gasteiger partial charge in [-0.25, -0.2) is 23.0 Å². The van der Waals surface area contributed by atoms with Gasteiger partial charge in [-0.05, 0) is 38.6 Å². The second-order valence-corrected chi connectivity index (χ2v) is 11.7. The van der Waals surface area contributed by atoms with Crippen LogP contribution in [0.1, 0.15) is 26.0 Å². The number of nitrogens with zero attached hydrogens (tertiary/aromatic N) is 5. The van der Waals surface area contributed by atoms with Crippen LogP contribution in [0.4, 0.5) is 0 Å². The summed E-state index contributed by atoms with van der Waals surface area (Å²) in [5, 5.41) is 37.0. The minimum absolute atomic E-state index is 0.147. The van der Waals surface area contributed by atoms with Crippen LogP contribution in [0.3, 0.4) is 0 Å². The average Bonchev–Trinajstić information content (AvgIpc) is 3.28. The molecule has 17 heteroatoms. The van der Waals surface area contributed by atoms with E-state index in [0.717, 1.165) is 12.1 Å². The van der Waals surface area contributed by atoms with Crippen LogP contribution in [-0.4, -0.2) is 122 Å². The number of aryl methyl sites for hydroxylation is 2. The maximum atomic E-state index is 13.3. The van der Waals surface area contributed by atoms with Gasteiger partial charge in [0.05, 0.1) is 22.8 Å². The molecule has 5 N–H and O–H groups in total. The quantitative estimate of drug-likeness (QED) is 0.192. The number of rotatable bonds is 10. The number of aliphatic hydroxyl groups is 2. The highest BCUT2D eigenvalue weighted by molar-refractivity contribution is 7.89. The summed E-state index contributed by atoms with van der Waals surface area (Å²) in [6, 6.07) is 4.71. The first-order chi connectivity index (χ1) is 20.2. The largest absolute Gasteiger partial charge is 0.493 e. The molecule has 2 unspecified atom stereocenters. The third-order valence-corrected chi connectivity index (χ3v) is 8.56. The van der Waals surface area contributed by atoms with Crippen molar-refractivity contribution in [1.82, 2.24) is 29.0 Å².